The van der Waals surface area contributed by atoms with E-state index in [9.17, 15) is 8.78 Å². The van der Waals surface area contributed by atoms with E-state index in [0.717, 1.165) is 50.6 Å². The molecule has 2 heterocycles. The molecule has 146 valence electrons. The molecule has 3 rings (SSSR count). The molecule has 26 heavy (non-hydrogen) atoms. The second-order valence-corrected chi connectivity index (χ2v) is 6.37. The number of benzene rings is 1. The van der Waals surface area contributed by atoms with Crippen molar-refractivity contribution in [2.24, 2.45) is 4.99 Å². The fourth-order valence-electron chi connectivity index (χ4n) is 3.36. The van der Waals surface area contributed by atoms with Crippen molar-refractivity contribution in [3.8, 4) is 0 Å². The minimum absolute atomic E-state index is 0. The normalized spacial score (nSPS) is 23.7. The lowest BCUT2D eigenvalue weighted by Gasteiger charge is -2.37. The summed E-state index contributed by atoms with van der Waals surface area (Å²) in [6, 6.07) is 3.53. The summed E-state index contributed by atoms with van der Waals surface area (Å²) in [5.41, 5.74) is 0.363. The van der Waals surface area contributed by atoms with Crippen molar-refractivity contribution < 1.29 is 18.3 Å². The predicted octanol–water partition coefficient (Wildman–Crippen LogP) is 2.58. The molecular weight excluding hydrogens is 455 g/mol. The first kappa shape index (κ1) is 21.3. The maximum atomic E-state index is 13.7. The Morgan fingerprint density at radius 2 is 2.08 bits per heavy atom. The molecule has 2 aliphatic heterocycles. The van der Waals surface area contributed by atoms with Gasteiger partial charge in [0.05, 0.1) is 12.7 Å². The van der Waals surface area contributed by atoms with Crippen LogP contribution in [-0.4, -0.2) is 63.0 Å². The molecule has 0 spiro atoms. The Morgan fingerprint density at radius 3 is 2.81 bits per heavy atom. The van der Waals surface area contributed by atoms with Crippen LogP contribution in [0.5, 0.6) is 0 Å². The highest BCUT2D eigenvalue weighted by Gasteiger charge is 2.32. The molecular formula is C18H26F2IN3O2. The number of guanidine groups is 1. The first-order valence-corrected chi connectivity index (χ1v) is 8.80. The van der Waals surface area contributed by atoms with Crippen LogP contribution in [0.15, 0.2) is 23.2 Å². The molecule has 1 N–H and O–H groups in total. The monoisotopic (exact) mass is 481 g/mol. The van der Waals surface area contributed by atoms with Crippen LogP contribution in [0.1, 0.15) is 18.4 Å². The van der Waals surface area contributed by atoms with E-state index in [-0.39, 0.29) is 42.0 Å². The van der Waals surface area contributed by atoms with Gasteiger partial charge in [-0.25, -0.2) is 8.78 Å². The second-order valence-electron chi connectivity index (χ2n) is 6.37. The van der Waals surface area contributed by atoms with E-state index in [2.05, 4.69) is 15.2 Å². The summed E-state index contributed by atoms with van der Waals surface area (Å²) in [5.74, 6) is -0.0560. The van der Waals surface area contributed by atoms with Crippen molar-refractivity contribution in [3.05, 3.63) is 35.4 Å². The van der Waals surface area contributed by atoms with Crippen molar-refractivity contribution in [2.45, 2.75) is 31.5 Å². The molecule has 0 bridgehead atoms. The van der Waals surface area contributed by atoms with Gasteiger partial charge in [0.15, 0.2) is 5.96 Å². The maximum Gasteiger partial charge on any atom is 0.193 e. The van der Waals surface area contributed by atoms with Crippen LogP contribution in [0.25, 0.3) is 0 Å². The molecule has 1 aromatic rings. The average Bonchev–Trinajstić information content (AvgIpc) is 3.16. The summed E-state index contributed by atoms with van der Waals surface area (Å²) in [6.07, 6.45) is 2.71. The van der Waals surface area contributed by atoms with Gasteiger partial charge in [0.1, 0.15) is 17.7 Å². The van der Waals surface area contributed by atoms with Crippen LogP contribution < -0.4 is 5.32 Å². The molecule has 0 radical (unpaired) electrons. The quantitative estimate of drug-likeness (QED) is 0.408. The smallest absolute Gasteiger partial charge is 0.193 e. The Balaban J connectivity index is 0.00000243. The van der Waals surface area contributed by atoms with E-state index < -0.39 is 5.82 Å². The Morgan fingerprint density at radius 1 is 1.27 bits per heavy atom. The Labute approximate surface area is 170 Å². The van der Waals surface area contributed by atoms with Crippen molar-refractivity contribution in [3.63, 3.8) is 0 Å². The van der Waals surface area contributed by atoms with Gasteiger partial charge in [-0.1, -0.05) is 0 Å². The number of aliphatic imine (C=N–C) groups is 1. The number of hydrogen-bond acceptors (Lipinski definition) is 3. The molecule has 2 fully saturated rings. The van der Waals surface area contributed by atoms with E-state index in [1.807, 2.05) is 0 Å². The molecule has 5 nitrogen and oxygen atoms in total. The number of halogens is 3. The highest BCUT2D eigenvalue weighted by molar-refractivity contribution is 14.0. The van der Waals surface area contributed by atoms with E-state index >= 15 is 0 Å². The molecule has 2 saturated heterocycles. The Bertz CT molecular complexity index is 612. The highest BCUT2D eigenvalue weighted by atomic mass is 127. The molecule has 1 aromatic carbocycles. The van der Waals surface area contributed by atoms with E-state index in [1.165, 1.54) is 6.07 Å². The van der Waals surface area contributed by atoms with Gasteiger partial charge in [-0.3, -0.25) is 4.99 Å². The number of morpholine rings is 1. The van der Waals surface area contributed by atoms with Crippen LogP contribution >= 0.6 is 24.0 Å². The SMILES string of the molecule is CN=C(NCCc1cc(F)ccc1F)N1CCOC(C2CCCO2)C1.I. The van der Waals surface area contributed by atoms with Gasteiger partial charge in [-0.15, -0.1) is 24.0 Å². The minimum Gasteiger partial charge on any atom is -0.375 e. The summed E-state index contributed by atoms with van der Waals surface area (Å²) in [6.45, 7) is 3.38. The molecule has 2 unspecified atom stereocenters. The van der Waals surface area contributed by atoms with Gasteiger partial charge in [0, 0.05) is 33.3 Å². The zero-order chi connectivity index (χ0) is 17.6. The van der Waals surface area contributed by atoms with E-state index in [0.29, 0.717) is 25.1 Å². The molecule has 0 aromatic heterocycles. The second kappa shape index (κ2) is 10.4. The third kappa shape index (κ3) is 5.50. The first-order valence-electron chi connectivity index (χ1n) is 8.80. The van der Waals surface area contributed by atoms with Gasteiger partial charge in [-0.2, -0.15) is 0 Å². The Hall–Kier alpha value is -1.00. The van der Waals surface area contributed by atoms with Crippen molar-refractivity contribution in [1.29, 1.82) is 0 Å². The van der Waals surface area contributed by atoms with Crippen molar-refractivity contribution in [1.82, 2.24) is 10.2 Å². The summed E-state index contributed by atoms with van der Waals surface area (Å²) >= 11 is 0. The maximum absolute atomic E-state index is 13.7. The lowest BCUT2D eigenvalue weighted by atomic mass is 10.1. The minimum atomic E-state index is -0.423. The van der Waals surface area contributed by atoms with E-state index in [1.54, 1.807) is 7.05 Å². The molecule has 2 aliphatic rings. The highest BCUT2D eigenvalue weighted by Crippen LogP contribution is 2.21. The largest absolute Gasteiger partial charge is 0.375 e. The number of nitrogens with zero attached hydrogens (tertiary/aromatic N) is 2. The third-order valence-electron chi connectivity index (χ3n) is 4.67. The third-order valence-corrected chi connectivity index (χ3v) is 4.67. The number of ether oxygens (including phenoxy) is 2. The zero-order valence-electron chi connectivity index (χ0n) is 14.9. The number of hydrogen-bond donors (Lipinski definition) is 1. The van der Waals surface area contributed by atoms with Crippen molar-refractivity contribution >= 4 is 29.9 Å². The van der Waals surface area contributed by atoms with Crippen LogP contribution in [-0.2, 0) is 15.9 Å². The summed E-state index contributed by atoms with van der Waals surface area (Å²) in [7, 11) is 1.72. The summed E-state index contributed by atoms with van der Waals surface area (Å²) in [5, 5.41) is 3.24. The summed E-state index contributed by atoms with van der Waals surface area (Å²) < 4.78 is 38.5. The fourth-order valence-corrected chi connectivity index (χ4v) is 3.36. The van der Waals surface area contributed by atoms with Crippen molar-refractivity contribution in [2.75, 3.05) is 39.9 Å². The van der Waals surface area contributed by atoms with Crippen LogP contribution in [0.4, 0.5) is 8.78 Å². The molecule has 0 aliphatic carbocycles. The zero-order valence-corrected chi connectivity index (χ0v) is 17.2. The number of nitrogens with one attached hydrogen (secondary N) is 1. The standard InChI is InChI=1S/C18H25F2N3O2.HI/c1-21-18(22-7-6-13-11-14(19)4-5-15(13)20)23-8-10-25-17(12-23)16-3-2-9-24-16;/h4-5,11,16-17H,2-3,6-10,12H2,1H3,(H,21,22);1H. The van der Waals surface area contributed by atoms with Crippen LogP contribution in [0.2, 0.25) is 0 Å². The average molecular weight is 481 g/mol. The number of rotatable bonds is 4. The van der Waals surface area contributed by atoms with Crippen LogP contribution in [0.3, 0.4) is 0 Å². The molecule has 2 atom stereocenters. The lowest BCUT2D eigenvalue weighted by molar-refractivity contribution is -0.0816. The summed E-state index contributed by atoms with van der Waals surface area (Å²) in [4.78, 5) is 6.45. The van der Waals surface area contributed by atoms with Gasteiger partial charge in [-0.05, 0) is 43.0 Å². The fraction of sp³-hybridized carbons (Fsp3) is 0.611. The van der Waals surface area contributed by atoms with Gasteiger partial charge in [0.2, 0.25) is 0 Å². The molecule has 0 saturated carbocycles. The molecule has 8 heteroatoms. The lowest BCUT2D eigenvalue weighted by Crippen LogP contribution is -2.53. The van der Waals surface area contributed by atoms with Gasteiger partial charge in [0.25, 0.3) is 0 Å². The Kier molecular flexibility index (Phi) is 8.49. The van der Waals surface area contributed by atoms with Gasteiger partial charge >= 0.3 is 0 Å². The predicted molar refractivity (Wildman–Crippen MR) is 107 cm³/mol. The van der Waals surface area contributed by atoms with Crippen LogP contribution in [0, 0.1) is 11.6 Å². The molecule has 0 amide bonds. The van der Waals surface area contributed by atoms with E-state index in [4.69, 9.17) is 9.47 Å². The topological polar surface area (TPSA) is 46.1 Å². The first-order chi connectivity index (χ1) is 12.2. The van der Waals surface area contributed by atoms with Gasteiger partial charge < -0.3 is 19.7 Å².